The number of benzene rings is 2. The minimum absolute atomic E-state index is 0.539. The van der Waals surface area contributed by atoms with E-state index in [2.05, 4.69) is 77.6 Å². The van der Waals surface area contributed by atoms with Crippen LogP contribution < -0.4 is 10.2 Å². The van der Waals surface area contributed by atoms with Gasteiger partial charge in [0.1, 0.15) is 0 Å². The molecule has 0 saturated carbocycles. The van der Waals surface area contributed by atoms with Crippen molar-refractivity contribution in [2.75, 3.05) is 23.3 Å². The van der Waals surface area contributed by atoms with Crippen molar-refractivity contribution < 1.29 is 0 Å². The topological polar surface area (TPSA) is 28.2 Å². The summed E-state index contributed by atoms with van der Waals surface area (Å²) in [5, 5.41) is 4.91. The molecule has 1 aliphatic heterocycles. The number of nitrogens with one attached hydrogen (secondary N) is 1. The Kier molecular flexibility index (Phi) is 4.31. The Morgan fingerprint density at radius 3 is 2.76 bits per heavy atom. The molecule has 1 fully saturated rings. The highest BCUT2D eigenvalue weighted by atomic mass is 15.2. The number of aromatic nitrogens is 1. The molecule has 1 atom stereocenters. The molecule has 1 N–H and O–H groups in total. The van der Waals surface area contributed by atoms with Gasteiger partial charge in [-0.05, 0) is 56.0 Å². The first-order chi connectivity index (χ1) is 12.2. The summed E-state index contributed by atoms with van der Waals surface area (Å²) in [4.78, 5) is 7.13. The van der Waals surface area contributed by atoms with Crippen LogP contribution in [0.3, 0.4) is 0 Å². The number of aryl methyl sites for hydroxylation is 2. The lowest BCUT2D eigenvalue weighted by Crippen LogP contribution is -2.34. The summed E-state index contributed by atoms with van der Waals surface area (Å²) in [6, 6.07) is 17.8. The normalized spacial score (nSPS) is 17.2. The number of nitrogens with zero attached hydrogens (tertiary/aromatic N) is 2. The molecular formula is C22H25N3. The van der Waals surface area contributed by atoms with Gasteiger partial charge in [-0.1, -0.05) is 30.3 Å². The van der Waals surface area contributed by atoms with Crippen LogP contribution in [0.5, 0.6) is 0 Å². The van der Waals surface area contributed by atoms with Crippen molar-refractivity contribution >= 4 is 22.3 Å². The summed E-state index contributed by atoms with van der Waals surface area (Å²) >= 11 is 0. The Morgan fingerprint density at radius 2 is 1.92 bits per heavy atom. The highest BCUT2D eigenvalue weighted by Crippen LogP contribution is 2.28. The van der Waals surface area contributed by atoms with Crippen LogP contribution in [-0.2, 0) is 0 Å². The van der Waals surface area contributed by atoms with Crippen LogP contribution in [0.25, 0.3) is 10.9 Å². The summed E-state index contributed by atoms with van der Waals surface area (Å²) < 4.78 is 0. The van der Waals surface area contributed by atoms with Gasteiger partial charge < -0.3 is 10.2 Å². The monoisotopic (exact) mass is 331 g/mol. The van der Waals surface area contributed by atoms with Crippen LogP contribution in [-0.4, -0.2) is 24.1 Å². The van der Waals surface area contributed by atoms with Gasteiger partial charge in [0.05, 0.1) is 5.52 Å². The smallest absolute Gasteiger partial charge is 0.0754 e. The lowest BCUT2D eigenvalue weighted by atomic mass is 10.0. The maximum Gasteiger partial charge on any atom is 0.0754 e. The molecule has 25 heavy (non-hydrogen) atoms. The molecular weight excluding hydrogens is 306 g/mol. The van der Waals surface area contributed by atoms with Crippen molar-refractivity contribution in [2.24, 2.45) is 0 Å². The second kappa shape index (κ2) is 6.75. The van der Waals surface area contributed by atoms with E-state index in [-0.39, 0.29) is 0 Å². The Labute approximate surface area is 149 Å². The zero-order chi connectivity index (χ0) is 17.2. The van der Waals surface area contributed by atoms with Crippen molar-refractivity contribution in [3.05, 3.63) is 65.9 Å². The molecule has 0 amide bonds. The Hall–Kier alpha value is -2.55. The Balaban J connectivity index is 1.55. The minimum atomic E-state index is 0.539. The van der Waals surface area contributed by atoms with E-state index in [1.165, 1.54) is 40.7 Å². The molecule has 4 rings (SSSR count). The number of hydrogen-bond acceptors (Lipinski definition) is 3. The third-order valence-corrected chi connectivity index (χ3v) is 5.43. The molecule has 3 aromatic rings. The maximum absolute atomic E-state index is 4.59. The fourth-order valence-corrected chi connectivity index (χ4v) is 3.85. The molecule has 2 aromatic carbocycles. The van der Waals surface area contributed by atoms with Crippen molar-refractivity contribution in [3.8, 4) is 0 Å². The van der Waals surface area contributed by atoms with E-state index in [1.807, 2.05) is 6.20 Å². The average Bonchev–Trinajstić information content (AvgIpc) is 3.12. The van der Waals surface area contributed by atoms with Gasteiger partial charge in [-0.15, -0.1) is 0 Å². The van der Waals surface area contributed by atoms with Gasteiger partial charge in [0.2, 0.25) is 0 Å². The molecule has 0 spiro atoms. The largest absolute Gasteiger partial charge is 0.382 e. The van der Waals surface area contributed by atoms with Crippen molar-refractivity contribution in [1.82, 2.24) is 4.98 Å². The third-order valence-electron chi connectivity index (χ3n) is 5.43. The number of para-hydroxylation sites is 1. The summed E-state index contributed by atoms with van der Waals surface area (Å²) in [5.41, 5.74) is 6.19. The molecule has 3 heteroatoms. The van der Waals surface area contributed by atoms with Gasteiger partial charge in [-0.2, -0.15) is 0 Å². The van der Waals surface area contributed by atoms with Crippen LogP contribution in [0.15, 0.2) is 54.7 Å². The predicted octanol–water partition coefficient (Wildman–Crippen LogP) is 4.93. The molecule has 3 nitrogen and oxygen atoms in total. The highest BCUT2D eigenvalue weighted by Gasteiger charge is 2.24. The molecule has 1 unspecified atom stereocenters. The summed E-state index contributed by atoms with van der Waals surface area (Å²) in [5.74, 6) is 0. The second-order valence-electron chi connectivity index (χ2n) is 6.97. The van der Waals surface area contributed by atoms with Crippen molar-refractivity contribution in [1.29, 1.82) is 0 Å². The Morgan fingerprint density at radius 1 is 1.08 bits per heavy atom. The molecule has 0 aliphatic carbocycles. The number of pyridine rings is 1. The van der Waals surface area contributed by atoms with Crippen LogP contribution in [0.1, 0.15) is 24.0 Å². The molecule has 0 radical (unpaired) electrons. The van der Waals surface area contributed by atoms with E-state index < -0.39 is 0 Å². The molecule has 128 valence electrons. The first kappa shape index (κ1) is 15.9. The van der Waals surface area contributed by atoms with E-state index >= 15 is 0 Å². The molecule has 2 heterocycles. The zero-order valence-corrected chi connectivity index (χ0v) is 15.0. The second-order valence-corrected chi connectivity index (χ2v) is 6.97. The molecule has 0 bridgehead atoms. The lowest BCUT2D eigenvalue weighted by Gasteiger charge is -2.27. The number of hydrogen-bond donors (Lipinski definition) is 1. The van der Waals surface area contributed by atoms with Crippen LogP contribution in [0.4, 0.5) is 11.4 Å². The molecule has 1 saturated heterocycles. The lowest BCUT2D eigenvalue weighted by molar-refractivity contribution is 0.698. The van der Waals surface area contributed by atoms with Gasteiger partial charge in [0.25, 0.3) is 0 Å². The van der Waals surface area contributed by atoms with E-state index in [0.717, 1.165) is 18.6 Å². The quantitative estimate of drug-likeness (QED) is 0.734. The first-order valence-corrected chi connectivity index (χ1v) is 9.14. The van der Waals surface area contributed by atoms with Gasteiger partial charge in [0, 0.05) is 42.1 Å². The van der Waals surface area contributed by atoms with Crippen LogP contribution in [0.2, 0.25) is 0 Å². The van der Waals surface area contributed by atoms with Gasteiger partial charge in [0.15, 0.2) is 0 Å². The average molecular weight is 331 g/mol. The Bertz CT molecular complexity index is 873. The number of rotatable bonds is 4. The van der Waals surface area contributed by atoms with Gasteiger partial charge in [-0.25, -0.2) is 0 Å². The van der Waals surface area contributed by atoms with Crippen molar-refractivity contribution in [3.63, 3.8) is 0 Å². The summed E-state index contributed by atoms with van der Waals surface area (Å²) in [6.45, 7) is 6.40. The molecule has 1 aliphatic rings. The fourth-order valence-electron chi connectivity index (χ4n) is 3.85. The van der Waals surface area contributed by atoms with E-state index in [0.29, 0.717) is 6.04 Å². The number of fused-ring (bicyclic) bond motifs is 1. The van der Waals surface area contributed by atoms with Crippen LogP contribution >= 0.6 is 0 Å². The van der Waals surface area contributed by atoms with E-state index in [1.54, 1.807) is 0 Å². The SMILES string of the molecule is Cc1ccc2c(NCC3CCCN3c3ccccc3)ccnc2c1C. The maximum atomic E-state index is 4.59. The summed E-state index contributed by atoms with van der Waals surface area (Å²) in [6.07, 6.45) is 4.42. The minimum Gasteiger partial charge on any atom is -0.382 e. The van der Waals surface area contributed by atoms with Gasteiger partial charge >= 0.3 is 0 Å². The third kappa shape index (κ3) is 3.07. The fraction of sp³-hybridized carbons (Fsp3) is 0.318. The van der Waals surface area contributed by atoms with Gasteiger partial charge in [-0.3, -0.25) is 4.98 Å². The highest BCUT2D eigenvalue weighted by molar-refractivity contribution is 5.93. The summed E-state index contributed by atoms with van der Waals surface area (Å²) in [7, 11) is 0. The zero-order valence-electron chi connectivity index (χ0n) is 15.0. The van der Waals surface area contributed by atoms with E-state index in [4.69, 9.17) is 0 Å². The number of anilines is 2. The van der Waals surface area contributed by atoms with Crippen molar-refractivity contribution in [2.45, 2.75) is 32.7 Å². The standard InChI is InChI=1S/C22H25N3/c1-16-10-11-20-21(12-13-23-22(20)17(16)2)24-15-19-9-6-14-25(19)18-7-4-3-5-8-18/h3-5,7-8,10-13,19H,6,9,14-15H2,1-2H3,(H,23,24). The molecule has 1 aromatic heterocycles. The predicted molar refractivity (Wildman–Crippen MR) is 107 cm³/mol. The van der Waals surface area contributed by atoms with Crippen LogP contribution in [0, 0.1) is 13.8 Å². The van der Waals surface area contributed by atoms with E-state index in [9.17, 15) is 0 Å². The first-order valence-electron chi connectivity index (χ1n) is 9.14.